The van der Waals surface area contributed by atoms with Gasteiger partial charge in [0.2, 0.25) is 0 Å². The van der Waals surface area contributed by atoms with Gasteiger partial charge >= 0.3 is 0 Å². The largest absolute Gasteiger partial charge is 0.464 e. The first-order chi connectivity index (χ1) is 8.79. The third kappa shape index (κ3) is 1.71. The Balaban J connectivity index is 2.22. The molecule has 1 aromatic heterocycles. The maximum absolute atomic E-state index is 9.27. The molecule has 0 fully saturated rings. The van der Waals surface area contributed by atoms with Crippen molar-refractivity contribution in [2.45, 2.75) is 13.0 Å². The SMILES string of the molecule is CN1CCc2c(ccc(C#N)c2-c2ccco2)C1. The molecule has 0 unspecified atom stereocenters. The van der Waals surface area contributed by atoms with E-state index < -0.39 is 0 Å². The Morgan fingerprint density at radius 1 is 1.33 bits per heavy atom. The molecule has 0 aliphatic carbocycles. The van der Waals surface area contributed by atoms with Crippen LogP contribution in [0.1, 0.15) is 16.7 Å². The number of nitrogens with zero attached hydrogens (tertiary/aromatic N) is 2. The lowest BCUT2D eigenvalue weighted by atomic mass is 9.90. The molecule has 3 nitrogen and oxygen atoms in total. The number of hydrogen-bond acceptors (Lipinski definition) is 3. The summed E-state index contributed by atoms with van der Waals surface area (Å²) < 4.78 is 5.49. The number of benzene rings is 1. The number of likely N-dealkylation sites (N-methyl/N-ethyl adjacent to an activating group) is 1. The summed E-state index contributed by atoms with van der Waals surface area (Å²) in [5.74, 6) is 0.799. The molecular weight excluding hydrogens is 224 g/mol. The van der Waals surface area contributed by atoms with E-state index in [-0.39, 0.29) is 0 Å². The molecule has 3 heteroatoms. The highest BCUT2D eigenvalue weighted by Crippen LogP contribution is 2.33. The Morgan fingerprint density at radius 2 is 2.22 bits per heavy atom. The number of fused-ring (bicyclic) bond motifs is 1. The molecular formula is C15H14N2O. The van der Waals surface area contributed by atoms with E-state index in [0.717, 1.165) is 30.8 Å². The minimum Gasteiger partial charge on any atom is -0.464 e. The maximum atomic E-state index is 9.27. The summed E-state index contributed by atoms with van der Waals surface area (Å²) in [6.07, 6.45) is 2.63. The molecule has 0 saturated heterocycles. The number of hydrogen-bond donors (Lipinski definition) is 0. The van der Waals surface area contributed by atoms with Crippen LogP contribution in [-0.2, 0) is 13.0 Å². The predicted octanol–water partition coefficient (Wildman–Crippen LogP) is 2.81. The second-order valence-corrected chi connectivity index (χ2v) is 4.70. The molecule has 0 bridgehead atoms. The quantitative estimate of drug-likeness (QED) is 0.767. The summed E-state index contributed by atoms with van der Waals surface area (Å²) in [5, 5.41) is 9.27. The third-order valence-electron chi connectivity index (χ3n) is 3.48. The summed E-state index contributed by atoms with van der Waals surface area (Å²) >= 11 is 0. The molecule has 1 aliphatic heterocycles. The van der Waals surface area contributed by atoms with Crippen LogP contribution in [0.2, 0.25) is 0 Å². The Morgan fingerprint density at radius 3 is 2.94 bits per heavy atom. The zero-order valence-electron chi connectivity index (χ0n) is 10.3. The fourth-order valence-corrected chi connectivity index (χ4v) is 2.59. The molecule has 90 valence electrons. The van der Waals surface area contributed by atoms with E-state index in [1.54, 1.807) is 6.26 Å². The first-order valence-electron chi connectivity index (χ1n) is 6.07. The predicted molar refractivity (Wildman–Crippen MR) is 68.9 cm³/mol. The van der Waals surface area contributed by atoms with E-state index in [4.69, 9.17) is 4.42 Å². The van der Waals surface area contributed by atoms with Gasteiger partial charge in [0.15, 0.2) is 0 Å². The Hall–Kier alpha value is -2.05. The first kappa shape index (κ1) is 11.1. The van der Waals surface area contributed by atoms with Crippen molar-refractivity contribution < 1.29 is 4.42 Å². The highest BCUT2D eigenvalue weighted by Gasteiger charge is 2.21. The third-order valence-corrected chi connectivity index (χ3v) is 3.48. The smallest absolute Gasteiger partial charge is 0.135 e. The van der Waals surface area contributed by atoms with Crippen LogP contribution in [0.25, 0.3) is 11.3 Å². The molecule has 0 amide bonds. The molecule has 0 radical (unpaired) electrons. The van der Waals surface area contributed by atoms with Crippen LogP contribution >= 0.6 is 0 Å². The second kappa shape index (κ2) is 4.32. The zero-order valence-corrected chi connectivity index (χ0v) is 10.3. The van der Waals surface area contributed by atoms with Crippen LogP contribution in [0, 0.1) is 11.3 Å². The molecule has 3 rings (SSSR count). The van der Waals surface area contributed by atoms with Crippen molar-refractivity contribution in [1.82, 2.24) is 4.90 Å². The van der Waals surface area contributed by atoms with Gasteiger partial charge < -0.3 is 9.32 Å². The van der Waals surface area contributed by atoms with Crippen molar-refractivity contribution in [2.75, 3.05) is 13.6 Å². The average molecular weight is 238 g/mol. The standard InChI is InChI=1S/C15H14N2O/c1-17-7-6-13-12(10-17)5-4-11(9-16)15(13)14-3-2-8-18-14/h2-5,8H,6-7,10H2,1H3. The molecule has 0 spiro atoms. The molecule has 0 N–H and O–H groups in total. The van der Waals surface area contributed by atoms with Crippen LogP contribution in [-0.4, -0.2) is 18.5 Å². The Kier molecular flexibility index (Phi) is 2.66. The van der Waals surface area contributed by atoms with Gasteiger partial charge in [0, 0.05) is 18.7 Å². The topological polar surface area (TPSA) is 40.2 Å². The van der Waals surface area contributed by atoms with Crippen molar-refractivity contribution in [3.8, 4) is 17.4 Å². The van der Waals surface area contributed by atoms with Crippen LogP contribution in [0.15, 0.2) is 34.9 Å². The van der Waals surface area contributed by atoms with Crippen molar-refractivity contribution in [3.05, 3.63) is 47.2 Å². The van der Waals surface area contributed by atoms with Gasteiger partial charge in [-0.15, -0.1) is 0 Å². The lowest BCUT2D eigenvalue weighted by Gasteiger charge is -2.26. The Labute approximate surface area is 106 Å². The lowest BCUT2D eigenvalue weighted by molar-refractivity contribution is 0.313. The van der Waals surface area contributed by atoms with Crippen LogP contribution < -0.4 is 0 Å². The van der Waals surface area contributed by atoms with E-state index in [1.165, 1.54) is 11.1 Å². The van der Waals surface area contributed by atoms with Crippen LogP contribution in [0.5, 0.6) is 0 Å². The van der Waals surface area contributed by atoms with Gasteiger partial charge in [-0.25, -0.2) is 0 Å². The van der Waals surface area contributed by atoms with E-state index in [9.17, 15) is 5.26 Å². The summed E-state index contributed by atoms with van der Waals surface area (Å²) in [7, 11) is 2.12. The van der Waals surface area contributed by atoms with E-state index in [2.05, 4.69) is 24.1 Å². The van der Waals surface area contributed by atoms with Gasteiger partial charge in [0.25, 0.3) is 0 Å². The summed E-state index contributed by atoms with van der Waals surface area (Å²) in [5.41, 5.74) is 4.25. The molecule has 0 atom stereocenters. The van der Waals surface area contributed by atoms with Crippen LogP contribution in [0.3, 0.4) is 0 Å². The second-order valence-electron chi connectivity index (χ2n) is 4.70. The van der Waals surface area contributed by atoms with E-state index >= 15 is 0 Å². The Bertz CT molecular complexity index is 608. The minimum absolute atomic E-state index is 0.702. The highest BCUT2D eigenvalue weighted by molar-refractivity contribution is 5.72. The lowest BCUT2D eigenvalue weighted by Crippen LogP contribution is -2.27. The summed E-state index contributed by atoms with van der Waals surface area (Å²) in [4.78, 5) is 2.29. The fourth-order valence-electron chi connectivity index (χ4n) is 2.59. The normalized spacial score (nSPS) is 15.1. The van der Waals surface area contributed by atoms with Crippen molar-refractivity contribution in [3.63, 3.8) is 0 Å². The molecule has 1 aliphatic rings. The van der Waals surface area contributed by atoms with E-state index in [1.807, 2.05) is 18.2 Å². The minimum atomic E-state index is 0.702. The van der Waals surface area contributed by atoms with Crippen molar-refractivity contribution in [2.24, 2.45) is 0 Å². The van der Waals surface area contributed by atoms with Crippen LogP contribution in [0.4, 0.5) is 0 Å². The fraction of sp³-hybridized carbons (Fsp3) is 0.267. The van der Waals surface area contributed by atoms with Gasteiger partial charge in [-0.3, -0.25) is 0 Å². The number of furan rings is 1. The maximum Gasteiger partial charge on any atom is 0.135 e. The number of nitriles is 1. The molecule has 0 saturated carbocycles. The van der Waals surface area contributed by atoms with Gasteiger partial charge in [-0.1, -0.05) is 6.07 Å². The number of rotatable bonds is 1. The van der Waals surface area contributed by atoms with Gasteiger partial charge in [-0.2, -0.15) is 5.26 Å². The summed E-state index contributed by atoms with van der Waals surface area (Å²) in [6, 6.07) is 10.0. The zero-order chi connectivity index (χ0) is 12.5. The average Bonchev–Trinajstić information content (AvgIpc) is 2.90. The molecule has 1 aromatic carbocycles. The molecule has 2 aromatic rings. The highest BCUT2D eigenvalue weighted by atomic mass is 16.3. The molecule has 2 heterocycles. The molecule has 18 heavy (non-hydrogen) atoms. The van der Waals surface area contributed by atoms with E-state index in [0.29, 0.717) is 5.56 Å². The van der Waals surface area contributed by atoms with Gasteiger partial charge in [0.05, 0.1) is 17.9 Å². The van der Waals surface area contributed by atoms with Crippen molar-refractivity contribution >= 4 is 0 Å². The van der Waals surface area contributed by atoms with Gasteiger partial charge in [-0.05, 0) is 42.8 Å². The summed E-state index contributed by atoms with van der Waals surface area (Å²) in [6.45, 7) is 1.96. The first-order valence-corrected chi connectivity index (χ1v) is 6.07. The van der Waals surface area contributed by atoms with Crippen molar-refractivity contribution in [1.29, 1.82) is 5.26 Å². The van der Waals surface area contributed by atoms with Gasteiger partial charge in [0.1, 0.15) is 5.76 Å². The monoisotopic (exact) mass is 238 g/mol.